The minimum Gasteiger partial charge on any atom is -0.457 e. The van der Waals surface area contributed by atoms with Crippen LogP contribution in [0.4, 0.5) is 0 Å². The number of rotatable bonds is 37. The Kier molecular flexibility index (Phi) is 31.4. The van der Waals surface area contributed by atoms with E-state index in [0.29, 0.717) is 12.8 Å². The molecule has 9 heteroatoms. The van der Waals surface area contributed by atoms with Crippen LogP contribution in [0.25, 0.3) is 0 Å². The molecule has 0 aromatic heterocycles. The van der Waals surface area contributed by atoms with Crippen molar-refractivity contribution < 1.29 is 36.2 Å². The highest BCUT2D eigenvalue weighted by Gasteiger charge is 2.53. The summed E-state index contributed by atoms with van der Waals surface area (Å²) in [6.45, 7) is 12.7. The molecule has 0 aromatic rings. The molecule has 8 nitrogen and oxygen atoms in total. The molecule has 0 saturated carbocycles. The van der Waals surface area contributed by atoms with Gasteiger partial charge in [0.15, 0.2) is 6.10 Å². The van der Waals surface area contributed by atoms with E-state index in [1.807, 2.05) is 0 Å². The highest BCUT2D eigenvalue weighted by atomic mass is 32.3. The van der Waals surface area contributed by atoms with Gasteiger partial charge in [-0.3, -0.25) is 14.1 Å². The predicted molar refractivity (Wildman–Crippen MR) is 225 cm³/mol. The normalized spacial score (nSPS) is 14.2. The lowest BCUT2D eigenvalue weighted by Crippen LogP contribution is -2.60. The zero-order valence-electron chi connectivity index (χ0n) is 36.0. The maximum absolute atomic E-state index is 13.1. The van der Waals surface area contributed by atoms with Crippen LogP contribution in [0.1, 0.15) is 228 Å². The van der Waals surface area contributed by atoms with Crippen LogP contribution in [-0.2, 0) is 33.6 Å². The first kappa shape index (κ1) is 52.3. The fraction of sp³-hybridized carbons (Fsp3) is 0.867. The van der Waals surface area contributed by atoms with Crippen LogP contribution >= 0.6 is 0 Å². The molecule has 318 valence electrons. The van der Waals surface area contributed by atoms with E-state index < -0.39 is 45.6 Å². The van der Waals surface area contributed by atoms with E-state index in [0.717, 1.165) is 77.0 Å². The van der Waals surface area contributed by atoms with Crippen LogP contribution in [0.3, 0.4) is 0 Å². The highest BCUT2D eigenvalue weighted by Crippen LogP contribution is 2.37. The Balaban J connectivity index is 4.68. The van der Waals surface area contributed by atoms with Gasteiger partial charge in [-0.05, 0) is 90.9 Å². The molecule has 54 heavy (non-hydrogen) atoms. The van der Waals surface area contributed by atoms with Crippen LogP contribution in [0, 0.1) is 5.92 Å². The monoisotopic (exact) mass is 785 g/mol. The summed E-state index contributed by atoms with van der Waals surface area (Å²) >= 11 is 0. The first-order chi connectivity index (χ1) is 25.7. The SMILES string of the molecule is CCCCCCCC/C=C\CCCCCCCC(=O)OC(C)(C)C(OS(=O)(=O)O)C(C)(OC(=O)CCCCCCC/C=C\CCCCCCCC)C(C)C. The summed E-state index contributed by atoms with van der Waals surface area (Å²) in [5.41, 5.74) is -3.04. The van der Waals surface area contributed by atoms with Crippen molar-refractivity contribution in [3.8, 4) is 0 Å². The largest absolute Gasteiger partial charge is 0.457 e. The molecule has 0 saturated heterocycles. The second kappa shape index (κ2) is 32.4. The van der Waals surface area contributed by atoms with E-state index in [2.05, 4.69) is 38.2 Å². The molecule has 0 fully saturated rings. The Morgan fingerprint density at radius 2 is 0.852 bits per heavy atom. The molecule has 0 spiro atoms. The molecule has 0 amide bonds. The van der Waals surface area contributed by atoms with Crippen LogP contribution in [0.5, 0.6) is 0 Å². The fourth-order valence-corrected chi connectivity index (χ4v) is 7.54. The van der Waals surface area contributed by atoms with Gasteiger partial charge in [-0.1, -0.05) is 155 Å². The number of esters is 2. The smallest absolute Gasteiger partial charge is 0.397 e. The molecule has 0 radical (unpaired) electrons. The summed E-state index contributed by atoms with van der Waals surface area (Å²) < 4.78 is 50.7. The van der Waals surface area contributed by atoms with Crippen LogP contribution < -0.4 is 0 Å². The topological polar surface area (TPSA) is 116 Å². The quantitative estimate of drug-likeness (QED) is 0.0286. The number of hydrogen-bond donors (Lipinski definition) is 1. The Morgan fingerprint density at radius 1 is 0.537 bits per heavy atom. The zero-order valence-corrected chi connectivity index (χ0v) is 36.8. The Morgan fingerprint density at radius 3 is 1.19 bits per heavy atom. The summed E-state index contributed by atoms with van der Waals surface area (Å²) in [5, 5.41) is 0. The van der Waals surface area contributed by atoms with Crippen molar-refractivity contribution >= 4 is 22.3 Å². The van der Waals surface area contributed by atoms with Crippen molar-refractivity contribution in [1.29, 1.82) is 0 Å². The fourth-order valence-electron chi connectivity index (χ4n) is 6.87. The van der Waals surface area contributed by atoms with Crippen molar-refractivity contribution in [2.75, 3.05) is 0 Å². The van der Waals surface area contributed by atoms with Gasteiger partial charge in [0.05, 0.1) is 0 Å². The van der Waals surface area contributed by atoms with E-state index in [9.17, 15) is 22.6 Å². The van der Waals surface area contributed by atoms with Gasteiger partial charge in [0, 0.05) is 12.8 Å². The number of hydrogen-bond acceptors (Lipinski definition) is 7. The summed E-state index contributed by atoms with van der Waals surface area (Å²) in [6, 6.07) is 0. The van der Waals surface area contributed by atoms with E-state index >= 15 is 0 Å². The Labute approximate surface area is 333 Å². The zero-order chi connectivity index (χ0) is 40.6. The predicted octanol–water partition coefficient (Wildman–Crippen LogP) is 13.5. The molecular weight excluding hydrogens is 701 g/mol. The number of ether oxygens (including phenoxy) is 2. The van der Waals surface area contributed by atoms with Crippen LogP contribution in [0.15, 0.2) is 24.3 Å². The summed E-state index contributed by atoms with van der Waals surface area (Å²) in [5.74, 6) is -1.40. The van der Waals surface area contributed by atoms with E-state index in [1.165, 1.54) is 90.9 Å². The first-order valence-electron chi connectivity index (χ1n) is 22.1. The van der Waals surface area contributed by atoms with Crippen LogP contribution in [0.2, 0.25) is 0 Å². The lowest BCUT2D eigenvalue weighted by atomic mass is 9.79. The van der Waals surface area contributed by atoms with E-state index in [4.69, 9.17) is 13.7 Å². The standard InChI is InChI=1S/C45H84O8S/c1-8-10-12-14-16-18-20-22-24-26-28-30-32-34-36-38-41(46)51-44(5,6)43(53-54(48,49)50)45(7,40(3)4)52-42(47)39-37-35-33-31-29-27-25-23-21-19-17-15-13-11-9-2/h22-25,40,43H,8-21,26-39H2,1-7H3,(H,48,49,50)/b24-22-,25-23-. The minimum atomic E-state index is -4.97. The molecule has 0 rings (SSSR count). The first-order valence-corrected chi connectivity index (χ1v) is 23.4. The lowest BCUT2D eigenvalue weighted by Gasteiger charge is -2.45. The average Bonchev–Trinajstić information content (AvgIpc) is 3.09. The third-order valence-corrected chi connectivity index (χ3v) is 10.9. The maximum Gasteiger partial charge on any atom is 0.397 e. The van der Waals surface area contributed by atoms with E-state index in [-0.39, 0.29) is 12.8 Å². The summed E-state index contributed by atoms with van der Waals surface area (Å²) in [7, 11) is -4.97. The third-order valence-electron chi connectivity index (χ3n) is 10.5. The molecule has 0 aliphatic rings. The van der Waals surface area contributed by atoms with Gasteiger partial charge in [0.25, 0.3) is 0 Å². The highest BCUT2D eigenvalue weighted by molar-refractivity contribution is 7.80. The minimum absolute atomic E-state index is 0.174. The second-order valence-corrected chi connectivity index (χ2v) is 17.5. The molecular formula is C45H84O8S. The van der Waals surface area contributed by atoms with Gasteiger partial charge in [0.1, 0.15) is 11.2 Å². The van der Waals surface area contributed by atoms with Gasteiger partial charge < -0.3 is 9.47 Å². The third kappa shape index (κ3) is 28.7. The average molecular weight is 785 g/mol. The molecule has 0 aliphatic heterocycles. The number of carbonyl (C=O) groups is 2. The lowest BCUT2D eigenvalue weighted by molar-refractivity contribution is -0.208. The Hall–Kier alpha value is -1.71. The van der Waals surface area contributed by atoms with Crippen molar-refractivity contribution in [3.63, 3.8) is 0 Å². The Bertz CT molecular complexity index is 1100. The van der Waals surface area contributed by atoms with Gasteiger partial charge >= 0.3 is 22.3 Å². The van der Waals surface area contributed by atoms with E-state index in [1.54, 1.807) is 20.8 Å². The molecule has 0 aromatic carbocycles. The number of allylic oxidation sites excluding steroid dienone is 4. The molecule has 0 heterocycles. The van der Waals surface area contributed by atoms with Crippen LogP contribution in [-0.4, -0.2) is 42.2 Å². The molecule has 2 unspecified atom stereocenters. The van der Waals surface area contributed by atoms with Crippen molar-refractivity contribution in [3.05, 3.63) is 24.3 Å². The van der Waals surface area contributed by atoms with Crippen molar-refractivity contribution in [1.82, 2.24) is 0 Å². The number of carbonyl (C=O) groups excluding carboxylic acids is 2. The molecule has 0 bridgehead atoms. The van der Waals surface area contributed by atoms with Gasteiger partial charge in [-0.2, -0.15) is 8.42 Å². The van der Waals surface area contributed by atoms with Crippen molar-refractivity contribution in [2.24, 2.45) is 5.92 Å². The van der Waals surface area contributed by atoms with Gasteiger partial charge in [-0.15, -0.1) is 0 Å². The van der Waals surface area contributed by atoms with Crippen molar-refractivity contribution in [2.45, 2.75) is 246 Å². The van der Waals surface area contributed by atoms with Gasteiger partial charge in [0.2, 0.25) is 0 Å². The molecule has 1 N–H and O–H groups in total. The molecule has 2 atom stereocenters. The molecule has 0 aliphatic carbocycles. The maximum atomic E-state index is 13.1. The second-order valence-electron chi connectivity index (χ2n) is 16.5. The summed E-state index contributed by atoms with van der Waals surface area (Å²) in [4.78, 5) is 26.0. The van der Waals surface area contributed by atoms with Gasteiger partial charge in [-0.25, -0.2) is 4.18 Å². The summed E-state index contributed by atoms with van der Waals surface area (Å²) in [6.07, 6.45) is 38.0. The number of unbranched alkanes of at least 4 members (excludes halogenated alkanes) is 22.